The second-order valence-electron chi connectivity index (χ2n) is 6.19. The Balaban J connectivity index is 1.66. The van der Waals surface area contributed by atoms with E-state index < -0.39 is 0 Å². The van der Waals surface area contributed by atoms with Gasteiger partial charge < -0.3 is 0 Å². The van der Waals surface area contributed by atoms with Gasteiger partial charge >= 0.3 is 0 Å². The van der Waals surface area contributed by atoms with Crippen LogP contribution < -0.4 is 5.32 Å². The van der Waals surface area contributed by atoms with E-state index in [0.717, 1.165) is 32.4 Å². The number of carbonyl (C=O) groups is 1. The molecule has 0 bridgehead atoms. The number of fused-ring (bicyclic) bond motifs is 2. The summed E-state index contributed by atoms with van der Waals surface area (Å²) in [4.78, 5) is 21.7. The summed E-state index contributed by atoms with van der Waals surface area (Å²) in [6.07, 6.45) is 0. The highest BCUT2D eigenvalue weighted by Gasteiger charge is 2.12. The van der Waals surface area contributed by atoms with Crippen molar-refractivity contribution in [3.05, 3.63) is 64.8 Å². The Morgan fingerprint density at radius 3 is 2.64 bits per heavy atom. The van der Waals surface area contributed by atoms with Crippen LogP contribution in [0.3, 0.4) is 0 Å². The van der Waals surface area contributed by atoms with Crippen molar-refractivity contribution in [1.29, 1.82) is 0 Å². The van der Waals surface area contributed by atoms with Gasteiger partial charge in [0, 0.05) is 16.6 Å². The van der Waals surface area contributed by atoms with Crippen molar-refractivity contribution < 1.29 is 4.79 Å². The zero-order valence-electron chi connectivity index (χ0n) is 14.3. The summed E-state index contributed by atoms with van der Waals surface area (Å²) in [7, 11) is 0. The topological polar surface area (TPSA) is 54.9 Å². The quantitative estimate of drug-likeness (QED) is 0.554. The van der Waals surface area contributed by atoms with Crippen LogP contribution in [0, 0.1) is 20.8 Å². The molecule has 0 unspecified atom stereocenters. The fourth-order valence-electron chi connectivity index (χ4n) is 2.81. The van der Waals surface area contributed by atoms with E-state index in [-0.39, 0.29) is 5.91 Å². The van der Waals surface area contributed by atoms with Gasteiger partial charge in [-0.25, -0.2) is 4.98 Å². The monoisotopic (exact) mass is 347 g/mol. The maximum absolute atomic E-state index is 12.6. The zero-order chi connectivity index (χ0) is 17.6. The third kappa shape index (κ3) is 2.87. The molecule has 2 aromatic carbocycles. The van der Waals surface area contributed by atoms with Gasteiger partial charge in [0.15, 0.2) is 5.13 Å². The number of hydrogen-bond acceptors (Lipinski definition) is 4. The summed E-state index contributed by atoms with van der Waals surface area (Å²) < 4.78 is 1.08. The van der Waals surface area contributed by atoms with Gasteiger partial charge in [-0.1, -0.05) is 29.5 Å². The highest BCUT2D eigenvalue weighted by Crippen LogP contribution is 2.30. The maximum atomic E-state index is 12.6. The molecule has 1 N–H and O–H groups in total. The molecule has 0 atom stereocenters. The van der Waals surface area contributed by atoms with Gasteiger partial charge in [0.25, 0.3) is 5.91 Å². The first-order valence-electron chi connectivity index (χ1n) is 8.07. The third-order valence-electron chi connectivity index (χ3n) is 4.40. The standard InChI is InChI=1S/C20H17N3OS/c1-11-4-9-17-18(13(11)3)22-20(25-17)23-19(24)15-8-7-14-6-5-12(2)21-16(14)10-15/h4-10H,1-3H3,(H,22,23,24). The fourth-order valence-corrected chi connectivity index (χ4v) is 3.73. The van der Waals surface area contributed by atoms with Gasteiger partial charge in [0.1, 0.15) is 0 Å². The Morgan fingerprint density at radius 2 is 1.80 bits per heavy atom. The predicted molar refractivity (Wildman–Crippen MR) is 104 cm³/mol. The number of aromatic nitrogens is 2. The van der Waals surface area contributed by atoms with Crippen LogP contribution in [0.5, 0.6) is 0 Å². The number of carbonyl (C=O) groups excluding carboxylic acids is 1. The summed E-state index contributed by atoms with van der Waals surface area (Å²) in [5.74, 6) is -0.168. The first kappa shape index (κ1) is 15.7. The van der Waals surface area contributed by atoms with E-state index in [2.05, 4.69) is 35.2 Å². The Hall–Kier alpha value is -2.79. The minimum absolute atomic E-state index is 0.168. The van der Waals surface area contributed by atoms with Crippen molar-refractivity contribution in [2.24, 2.45) is 0 Å². The number of pyridine rings is 1. The summed E-state index contributed by atoms with van der Waals surface area (Å²) in [6.45, 7) is 6.06. The lowest BCUT2D eigenvalue weighted by Crippen LogP contribution is -2.11. The minimum atomic E-state index is -0.168. The Bertz CT molecular complexity index is 1130. The van der Waals surface area contributed by atoms with Crippen molar-refractivity contribution in [1.82, 2.24) is 9.97 Å². The number of benzene rings is 2. The largest absolute Gasteiger partial charge is 0.298 e. The van der Waals surface area contributed by atoms with Crippen LogP contribution in [0.25, 0.3) is 21.1 Å². The first-order chi connectivity index (χ1) is 12.0. The molecule has 4 rings (SSSR count). The molecule has 0 saturated heterocycles. The predicted octanol–water partition coefficient (Wildman–Crippen LogP) is 5.02. The number of nitrogens with one attached hydrogen (secondary N) is 1. The van der Waals surface area contributed by atoms with Crippen LogP contribution in [0.1, 0.15) is 27.2 Å². The van der Waals surface area contributed by atoms with Crippen molar-refractivity contribution in [2.75, 3.05) is 5.32 Å². The molecule has 0 aliphatic heterocycles. The smallest absolute Gasteiger partial charge is 0.257 e. The van der Waals surface area contributed by atoms with Crippen molar-refractivity contribution >= 4 is 43.5 Å². The minimum Gasteiger partial charge on any atom is -0.298 e. The lowest BCUT2D eigenvalue weighted by molar-refractivity contribution is 0.102. The van der Waals surface area contributed by atoms with Crippen LogP contribution >= 0.6 is 11.3 Å². The second-order valence-corrected chi connectivity index (χ2v) is 7.22. The van der Waals surface area contributed by atoms with Crippen LogP contribution in [0.4, 0.5) is 5.13 Å². The number of amides is 1. The molecule has 0 aliphatic rings. The number of thiazole rings is 1. The van der Waals surface area contributed by atoms with Crippen molar-refractivity contribution in [3.63, 3.8) is 0 Å². The van der Waals surface area contributed by atoms with Gasteiger partial charge in [-0.3, -0.25) is 15.1 Å². The highest BCUT2D eigenvalue weighted by molar-refractivity contribution is 7.22. The van der Waals surface area contributed by atoms with E-state index in [1.807, 2.05) is 43.3 Å². The van der Waals surface area contributed by atoms with Gasteiger partial charge in [0.05, 0.1) is 15.7 Å². The van der Waals surface area contributed by atoms with Crippen molar-refractivity contribution in [3.8, 4) is 0 Å². The Labute approximate surface area is 149 Å². The molecule has 0 radical (unpaired) electrons. The van der Waals surface area contributed by atoms with Gasteiger partial charge in [-0.05, 0) is 56.2 Å². The van der Waals surface area contributed by atoms with Gasteiger partial charge in [-0.2, -0.15) is 0 Å². The number of anilines is 1. The molecule has 0 fully saturated rings. The van der Waals surface area contributed by atoms with Crippen molar-refractivity contribution in [2.45, 2.75) is 20.8 Å². The average Bonchev–Trinajstić information content (AvgIpc) is 3.01. The van der Waals surface area contributed by atoms with Gasteiger partial charge in [0.2, 0.25) is 0 Å². The molecule has 124 valence electrons. The molecule has 5 heteroatoms. The average molecular weight is 347 g/mol. The Morgan fingerprint density at radius 1 is 1.00 bits per heavy atom. The molecular formula is C20H17N3OS. The fraction of sp³-hybridized carbons (Fsp3) is 0.150. The van der Waals surface area contributed by atoms with Gasteiger partial charge in [-0.15, -0.1) is 0 Å². The van der Waals surface area contributed by atoms with E-state index in [4.69, 9.17) is 0 Å². The normalized spacial score (nSPS) is 11.2. The van der Waals surface area contributed by atoms with Crippen LogP contribution in [-0.4, -0.2) is 15.9 Å². The Kier molecular flexibility index (Phi) is 3.73. The molecule has 0 spiro atoms. The van der Waals surface area contributed by atoms with E-state index in [1.165, 1.54) is 16.9 Å². The van der Waals surface area contributed by atoms with E-state index in [0.29, 0.717) is 10.7 Å². The molecule has 1 amide bonds. The van der Waals surface area contributed by atoms with Crippen LogP contribution in [-0.2, 0) is 0 Å². The molecule has 0 saturated carbocycles. The lowest BCUT2D eigenvalue weighted by Gasteiger charge is -2.04. The molecule has 2 heterocycles. The SMILES string of the molecule is Cc1ccc2ccc(C(=O)Nc3nc4c(C)c(C)ccc4s3)cc2n1. The number of aryl methyl sites for hydroxylation is 3. The molecular weight excluding hydrogens is 330 g/mol. The summed E-state index contributed by atoms with van der Waals surface area (Å²) >= 11 is 1.49. The molecule has 25 heavy (non-hydrogen) atoms. The molecule has 4 nitrogen and oxygen atoms in total. The summed E-state index contributed by atoms with van der Waals surface area (Å²) in [5, 5.41) is 4.55. The summed E-state index contributed by atoms with van der Waals surface area (Å²) in [6, 6.07) is 13.7. The lowest BCUT2D eigenvalue weighted by atomic mass is 10.1. The summed E-state index contributed by atoms with van der Waals surface area (Å²) in [5.41, 5.74) is 5.64. The van der Waals surface area contributed by atoms with Crippen LogP contribution in [0.2, 0.25) is 0 Å². The number of hydrogen-bond donors (Lipinski definition) is 1. The highest BCUT2D eigenvalue weighted by atomic mass is 32.1. The zero-order valence-corrected chi connectivity index (χ0v) is 15.1. The number of rotatable bonds is 2. The van der Waals surface area contributed by atoms with E-state index in [1.54, 1.807) is 0 Å². The first-order valence-corrected chi connectivity index (χ1v) is 8.88. The molecule has 2 aromatic heterocycles. The van der Waals surface area contributed by atoms with Crippen LogP contribution in [0.15, 0.2) is 42.5 Å². The second kappa shape index (κ2) is 5.93. The molecule has 0 aliphatic carbocycles. The third-order valence-corrected chi connectivity index (χ3v) is 5.33. The number of nitrogens with zero attached hydrogens (tertiary/aromatic N) is 2. The van der Waals surface area contributed by atoms with E-state index in [9.17, 15) is 4.79 Å². The van der Waals surface area contributed by atoms with E-state index >= 15 is 0 Å². The maximum Gasteiger partial charge on any atom is 0.257 e. The molecule has 4 aromatic rings.